The second-order valence-corrected chi connectivity index (χ2v) is 5.92. The molecule has 2 aliphatic heterocycles. The summed E-state index contributed by atoms with van der Waals surface area (Å²) in [5, 5.41) is 21.2. The number of para-hydroxylation sites is 1. The van der Waals surface area contributed by atoms with Gasteiger partial charge < -0.3 is 21.2 Å². The van der Waals surface area contributed by atoms with Crippen LogP contribution in [0.4, 0.5) is 17.1 Å². The van der Waals surface area contributed by atoms with Crippen LogP contribution in [0.5, 0.6) is 0 Å². The lowest BCUT2D eigenvalue weighted by atomic mass is 10.0. The topological polar surface area (TPSA) is 132 Å². The van der Waals surface area contributed by atoms with Crippen molar-refractivity contribution in [3.63, 3.8) is 0 Å². The van der Waals surface area contributed by atoms with Crippen LogP contribution in [0, 0.1) is 10.1 Å². The van der Waals surface area contributed by atoms with Gasteiger partial charge in [0, 0.05) is 41.2 Å². The zero-order chi connectivity index (χ0) is 19.0. The highest BCUT2D eigenvalue weighted by atomic mass is 35.5. The van der Waals surface area contributed by atoms with Gasteiger partial charge in [0.1, 0.15) is 12.3 Å². The summed E-state index contributed by atoms with van der Waals surface area (Å²) in [6, 6.07) is 11.6. The van der Waals surface area contributed by atoms with Gasteiger partial charge in [0.25, 0.3) is 11.6 Å². The number of carbonyl (C=O) groups excluding carboxylic acids is 1. The summed E-state index contributed by atoms with van der Waals surface area (Å²) in [7, 11) is 0. The average molecular weight is 402 g/mol. The number of fused-ring (bicyclic) bond motifs is 2. The second-order valence-electron chi connectivity index (χ2n) is 5.92. The van der Waals surface area contributed by atoms with Crippen LogP contribution in [0.3, 0.4) is 0 Å². The van der Waals surface area contributed by atoms with Gasteiger partial charge in [0.05, 0.1) is 16.2 Å². The molecule has 2 aliphatic rings. The summed E-state index contributed by atoms with van der Waals surface area (Å²) < 4.78 is 0. The van der Waals surface area contributed by atoms with Crippen molar-refractivity contribution >= 4 is 46.7 Å². The van der Waals surface area contributed by atoms with Gasteiger partial charge in [-0.15, -0.1) is 12.4 Å². The Kier molecular flexibility index (Phi) is 5.30. The Balaban J connectivity index is 0.00000225. The van der Waals surface area contributed by atoms with E-state index in [9.17, 15) is 14.9 Å². The Bertz CT molecular complexity index is 1030. The minimum atomic E-state index is -0.498. The van der Waals surface area contributed by atoms with Crippen molar-refractivity contribution in [1.29, 1.82) is 0 Å². The Hall–Kier alpha value is -3.43. The number of anilines is 2. The summed E-state index contributed by atoms with van der Waals surface area (Å²) in [5.41, 5.74) is 8.99. The number of carbonyl (C=O) groups is 1. The third-order valence-corrected chi connectivity index (χ3v) is 4.25. The van der Waals surface area contributed by atoms with Crippen molar-refractivity contribution in [3.05, 3.63) is 69.4 Å². The van der Waals surface area contributed by atoms with Gasteiger partial charge in [-0.2, -0.15) is 0 Å². The van der Waals surface area contributed by atoms with Crippen LogP contribution in [-0.4, -0.2) is 29.7 Å². The summed E-state index contributed by atoms with van der Waals surface area (Å²) >= 11 is 0. The first-order valence-corrected chi connectivity index (χ1v) is 8.21. The summed E-state index contributed by atoms with van der Waals surface area (Å²) in [6.07, 6.45) is 0. The molecule has 2 aromatic carbocycles. The number of non-ortho nitro benzene ring substituents is 1. The van der Waals surface area contributed by atoms with Crippen molar-refractivity contribution < 1.29 is 14.6 Å². The van der Waals surface area contributed by atoms with Crippen molar-refractivity contribution in [2.75, 3.05) is 23.8 Å². The first-order valence-electron chi connectivity index (χ1n) is 8.21. The van der Waals surface area contributed by atoms with Crippen LogP contribution in [0.25, 0.3) is 5.57 Å². The van der Waals surface area contributed by atoms with E-state index in [-0.39, 0.29) is 36.2 Å². The highest BCUT2D eigenvalue weighted by Gasteiger charge is 2.35. The highest BCUT2D eigenvalue weighted by Crippen LogP contribution is 2.40. The number of nitrogens with zero attached hydrogens (tertiary/aromatic N) is 2. The number of rotatable bonds is 4. The van der Waals surface area contributed by atoms with Gasteiger partial charge in [-0.05, 0) is 12.1 Å². The SMILES string of the molecule is Cl.NCCO/N=C1/C(=C2/C(=O)Nc3ccc([N+](=O)[O-])cc32)Nc2ccccc21. The van der Waals surface area contributed by atoms with E-state index in [0.29, 0.717) is 29.2 Å². The lowest BCUT2D eigenvalue weighted by Gasteiger charge is -2.06. The standard InChI is InChI=1S/C18H15N5O4.ClH/c19-7-8-27-22-16-11-3-1-2-4-13(11)20-17(16)15-12-9-10(23(25)26)5-6-14(12)21-18(15)24;/h1-6,9,20H,7-8,19H2,(H,21,24);1H/b17-15-,22-16+;. The van der Waals surface area contributed by atoms with Crippen LogP contribution >= 0.6 is 12.4 Å². The molecule has 0 aromatic heterocycles. The smallest absolute Gasteiger partial charge is 0.270 e. The lowest BCUT2D eigenvalue weighted by molar-refractivity contribution is -0.384. The molecule has 2 heterocycles. The Morgan fingerprint density at radius 2 is 1.86 bits per heavy atom. The molecule has 0 saturated heterocycles. The van der Waals surface area contributed by atoms with Crippen molar-refractivity contribution in [2.24, 2.45) is 10.9 Å². The second kappa shape index (κ2) is 7.67. The number of hydrogen-bond acceptors (Lipinski definition) is 7. The van der Waals surface area contributed by atoms with Crippen molar-refractivity contribution in [1.82, 2.24) is 0 Å². The van der Waals surface area contributed by atoms with E-state index in [2.05, 4.69) is 15.8 Å². The number of oxime groups is 1. The van der Waals surface area contributed by atoms with E-state index in [1.165, 1.54) is 18.2 Å². The van der Waals surface area contributed by atoms with E-state index in [1.807, 2.05) is 24.3 Å². The van der Waals surface area contributed by atoms with Gasteiger partial charge in [-0.3, -0.25) is 14.9 Å². The molecule has 1 amide bonds. The van der Waals surface area contributed by atoms with Crippen LogP contribution in [0.1, 0.15) is 11.1 Å². The number of allylic oxidation sites excluding steroid dienone is 1. The van der Waals surface area contributed by atoms with E-state index in [0.717, 1.165) is 11.3 Å². The zero-order valence-electron chi connectivity index (χ0n) is 14.5. The Morgan fingerprint density at radius 3 is 2.61 bits per heavy atom. The number of halogens is 1. The maximum atomic E-state index is 12.6. The third kappa shape index (κ3) is 3.17. The van der Waals surface area contributed by atoms with Gasteiger partial charge in [0.15, 0.2) is 0 Å². The molecule has 28 heavy (non-hydrogen) atoms. The number of nitrogens with two attached hydrogens (primary N) is 1. The number of nitrogens with one attached hydrogen (secondary N) is 2. The molecule has 0 aliphatic carbocycles. The van der Waals surface area contributed by atoms with E-state index in [1.54, 1.807) is 0 Å². The van der Waals surface area contributed by atoms with Gasteiger partial charge in [0.2, 0.25) is 0 Å². The lowest BCUT2D eigenvalue weighted by Crippen LogP contribution is -2.13. The molecule has 9 nitrogen and oxygen atoms in total. The number of hydrogen-bond donors (Lipinski definition) is 3. The average Bonchev–Trinajstić information content (AvgIpc) is 3.17. The molecule has 0 saturated carbocycles. The number of nitro groups is 1. The van der Waals surface area contributed by atoms with E-state index >= 15 is 0 Å². The van der Waals surface area contributed by atoms with Crippen molar-refractivity contribution in [3.8, 4) is 0 Å². The monoisotopic (exact) mass is 401 g/mol. The van der Waals surface area contributed by atoms with E-state index < -0.39 is 4.92 Å². The maximum absolute atomic E-state index is 12.6. The molecule has 0 fully saturated rings. The van der Waals surface area contributed by atoms with Crippen LogP contribution in [-0.2, 0) is 9.63 Å². The first kappa shape index (κ1) is 19.3. The predicted molar refractivity (Wildman–Crippen MR) is 108 cm³/mol. The third-order valence-electron chi connectivity index (χ3n) is 4.25. The van der Waals surface area contributed by atoms with Gasteiger partial charge >= 0.3 is 0 Å². The molecule has 0 unspecified atom stereocenters. The fourth-order valence-corrected chi connectivity index (χ4v) is 3.08. The minimum absolute atomic E-state index is 0. The first-order chi connectivity index (χ1) is 13.1. The van der Waals surface area contributed by atoms with Gasteiger partial charge in [-0.1, -0.05) is 23.4 Å². The van der Waals surface area contributed by atoms with E-state index in [4.69, 9.17) is 10.6 Å². The molecular weight excluding hydrogens is 386 g/mol. The fraction of sp³-hybridized carbons (Fsp3) is 0.111. The molecule has 0 radical (unpaired) electrons. The molecule has 0 spiro atoms. The quantitative estimate of drug-likeness (QED) is 0.312. The normalized spacial score (nSPS) is 18.0. The van der Waals surface area contributed by atoms with Crippen LogP contribution < -0.4 is 16.4 Å². The zero-order valence-corrected chi connectivity index (χ0v) is 15.3. The Labute approximate surface area is 165 Å². The molecule has 4 rings (SSSR count). The summed E-state index contributed by atoms with van der Waals surface area (Å²) in [4.78, 5) is 28.5. The molecule has 144 valence electrons. The summed E-state index contributed by atoms with van der Waals surface area (Å²) in [6.45, 7) is 0.524. The molecular formula is C18H16ClN5O4. The molecule has 0 atom stereocenters. The maximum Gasteiger partial charge on any atom is 0.270 e. The number of nitro benzene ring substituents is 1. The van der Waals surface area contributed by atoms with Crippen LogP contribution in [0.15, 0.2) is 53.3 Å². The minimum Gasteiger partial charge on any atom is -0.394 e. The molecule has 2 aromatic rings. The molecule has 4 N–H and O–H groups in total. The largest absolute Gasteiger partial charge is 0.394 e. The molecule has 0 bridgehead atoms. The molecule has 10 heteroatoms. The van der Waals surface area contributed by atoms with Crippen LogP contribution in [0.2, 0.25) is 0 Å². The fourth-order valence-electron chi connectivity index (χ4n) is 3.08. The predicted octanol–water partition coefficient (Wildman–Crippen LogP) is 2.48. The number of benzene rings is 2. The Morgan fingerprint density at radius 1 is 1.11 bits per heavy atom. The van der Waals surface area contributed by atoms with Crippen molar-refractivity contribution in [2.45, 2.75) is 0 Å². The highest BCUT2D eigenvalue weighted by molar-refractivity contribution is 6.39. The summed E-state index contributed by atoms with van der Waals surface area (Å²) in [5.74, 6) is -0.368. The van der Waals surface area contributed by atoms with Gasteiger partial charge in [-0.25, -0.2) is 0 Å². The number of amides is 1.